The fourth-order valence-electron chi connectivity index (χ4n) is 3.65. The van der Waals surface area contributed by atoms with Gasteiger partial charge in [-0.1, -0.05) is 66.6 Å². The first kappa shape index (κ1) is 18.6. The van der Waals surface area contributed by atoms with Gasteiger partial charge in [0.05, 0.1) is 0 Å². The molecule has 4 nitrogen and oxygen atoms in total. The van der Waals surface area contributed by atoms with Crippen molar-refractivity contribution in [1.29, 1.82) is 0 Å². The Morgan fingerprint density at radius 2 is 1.55 bits per heavy atom. The second kappa shape index (κ2) is 8.53. The molecule has 29 heavy (non-hydrogen) atoms. The van der Waals surface area contributed by atoms with Gasteiger partial charge in [-0.25, -0.2) is 4.79 Å². The summed E-state index contributed by atoms with van der Waals surface area (Å²) in [5, 5.41) is 2.80. The lowest BCUT2D eigenvalue weighted by molar-refractivity contribution is 0.142. The molecule has 0 aliphatic heterocycles. The Bertz CT molecular complexity index is 1000. The molecule has 0 unspecified atom stereocenters. The lowest BCUT2D eigenvalue weighted by Gasteiger charge is -2.14. The van der Waals surface area contributed by atoms with Crippen LogP contribution in [-0.2, 0) is 11.3 Å². The van der Waals surface area contributed by atoms with Gasteiger partial charge in [0.15, 0.2) is 0 Å². The van der Waals surface area contributed by atoms with Crippen LogP contribution in [0.25, 0.3) is 11.1 Å². The Morgan fingerprint density at radius 3 is 2.17 bits per heavy atom. The van der Waals surface area contributed by atoms with Crippen LogP contribution in [0.3, 0.4) is 0 Å². The number of terminal acetylenes is 1. The van der Waals surface area contributed by atoms with Gasteiger partial charge >= 0.3 is 6.09 Å². The monoisotopic (exact) mass is 383 g/mol. The molecule has 0 saturated heterocycles. The molecule has 0 saturated carbocycles. The fourth-order valence-corrected chi connectivity index (χ4v) is 3.65. The number of benzene rings is 3. The second-order valence-corrected chi connectivity index (χ2v) is 6.82. The number of nitrogens with one attached hydrogen (secondary N) is 1. The normalized spacial score (nSPS) is 11.8. The molecule has 4 rings (SSSR count). The van der Waals surface area contributed by atoms with Crippen molar-refractivity contribution in [3.05, 3.63) is 89.5 Å². The number of carbonyl (C=O) groups excluding carboxylic acids is 1. The molecule has 3 aromatic carbocycles. The predicted octanol–water partition coefficient (Wildman–Crippen LogP) is 4.74. The highest BCUT2D eigenvalue weighted by Gasteiger charge is 2.28. The minimum absolute atomic E-state index is 0.0562. The van der Waals surface area contributed by atoms with Crippen molar-refractivity contribution in [3.63, 3.8) is 0 Å². The number of alkyl carbamates (subject to hydrolysis) is 1. The second-order valence-electron chi connectivity index (χ2n) is 6.82. The highest BCUT2D eigenvalue weighted by Crippen LogP contribution is 2.44. The van der Waals surface area contributed by atoms with Gasteiger partial charge < -0.3 is 14.8 Å². The van der Waals surface area contributed by atoms with E-state index in [-0.39, 0.29) is 12.5 Å². The first-order valence-electron chi connectivity index (χ1n) is 9.50. The summed E-state index contributed by atoms with van der Waals surface area (Å²) in [4.78, 5) is 12.2. The Labute approximate surface area is 170 Å². The minimum Gasteiger partial charge on any atom is -0.481 e. The van der Waals surface area contributed by atoms with E-state index >= 15 is 0 Å². The van der Waals surface area contributed by atoms with Gasteiger partial charge in [0.1, 0.15) is 19.0 Å². The quantitative estimate of drug-likeness (QED) is 0.626. The molecule has 1 aliphatic carbocycles. The first-order valence-corrected chi connectivity index (χ1v) is 9.50. The number of hydrogen-bond acceptors (Lipinski definition) is 3. The van der Waals surface area contributed by atoms with E-state index in [2.05, 4.69) is 35.5 Å². The van der Waals surface area contributed by atoms with Gasteiger partial charge in [0, 0.05) is 12.5 Å². The Kier molecular flexibility index (Phi) is 5.49. The molecular formula is C25H21NO3. The number of rotatable bonds is 6. The predicted molar refractivity (Wildman–Crippen MR) is 113 cm³/mol. The maximum atomic E-state index is 12.2. The van der Waals surface area contributed by atoms with Gasteiger partial charge in [-0.05, 0) is 39.9 Å². The molecule has 0 atom stereocenters. The van der Waals surface area contributed by atoms with E-state index in [1.807, 2.05) is 48.5 Å². The van der Waals surface area contributed by atoms with E-state index in [1.54, 1.807) is 0 Å². The Morgan fingerprint density at radius 1 is 0.931 bits per heavy atom. The summed E-state index contributed by atoms with van der Waals surface area (Å²) < 4.78 is 10.9. The molecule has 1 N–H and O–H groups in total. The highest BCUT2D eigenvalue weighted by molar-refractivity contribution is 5.79. The summed E-state index contributed by atoms with van der Waals surface area (Å²) in [6, 6.07) is 24.0. The Hall–Kier alpha value is -3.71. The van der Waals surface area contributed by atoms with Gasteiger partial charge in [-0.3, -0.25) is 0 Å². The van der Waals surface area contributed by atoms with Crippen molar-refractivity contribution in [2.24, 2.45) is 0 Å². The van der Waals surface area contributed by atoms with Crippen LogP contribution < -0.4 is 10.1 Å². The van der Waals surface area contributed by atoms with Crippen LogP contribution in [0.1, 0.15) is 22.6 Å². The highest BCUT2D eigenvalue weighted by atomic mass is 16.5. The largest absolute Gasteiger partial charge is 0.481 e. The van der Waals surface area contributed by atoms with E-state index in [4.69, 9.17) is 15.9 Å². The number of ether oxygens (including phenoxy) is 2. The minimum atomic E-state index is -0.431. The average molecular weight is 383 g/mol. The Balaban J connectivity index is 1.34. The standard InChI is InChI=1S/C25H21NO3/c1-2-15-28-19-13-11-18(12-14-19)16-26-25(27)29-17-24-22-9-5-3-7-20(22)21-8-4-6-10-23(21)24/h1,3-14,24H,15-17H2,(H,26,27). The lowest BCUT2D eigenvalue weighted by Crippen LogP contribution is -2.25. The van der Waals surface area contributed by atoms with Crippen LogP contribution in [0.5, 0.6) is 5.75 Å². The van der Waals surface area contributed by atoms with Crippen LogP contribution in [-0.4, -0.2) is 19.3 Å². The zero-order chi connectivity index (χ0) is 20.1. The van der Waals surface area contributed by atoms with Crippen molar-refractivity contribution < 1.29 is 14.3 Å². The third kappa shape index (κ3) is 4.09. The third-order valence-electron chi connectivity index (χ3n) is 5.03. The van der Waals surface area contributed by atoms with Crippen molar-refractivity contribution >= 4 is 6.09 Å². The lowest BCUT2D eigenvalue weighted by atomic mass is 9.98. The maximum Gasteiger partial charge on any atom is 0.407 e. The molecule has 0 spiro atoms. The number of hydrogen-bond donors (Lipinski definition) is 1. The van der Waals surface area contributed by atoms with E-state index in [1.165, 1.54) is 22.3 Å². The van der Waals surface area contributed by atoms with Gasteiger partial charge in [-0.2, -0.15) is 0 Å². The van der Waals surface area contributed by atoms with Crippen molar-refractivity contribution in [3.8, 4) is 29.2 Å². The summed E-state index contributed by atoms with van der Waals surface area (Å²) in [7, 11) is 0. The zero-order valence-corrected chi connectivity index (χ0v) is 15.9. The molecule has 4 heteroatoms. The van der Waals surface area contributed by atoms with Gasteiger partial charge in [-0.15, -0.1) is 6.42 Å². The van der Waals surface area contributed by atoms with Gasteiger partial charge in [0.25, 0.3) is 0 Å². The molecular weight excluding hydrogens is 362 g/mol. The molecule has 0 heterocycles. The summed E-state index contributed by atoms with van der Waals surface area (Å²) in [5.74, 6) is 3.18. The first-order chi connectivity index (χ1) is 14.3. The molecule has 1 aliphatic rings. The molecule has 0 radical (unpaired) electrons. The molecule has 0 aromatic heterocycles. The summed E-state index contributed by atoms with van der Waals surface area (Å²) in [5.41, 5.74) is 5.77. The summed E-state index contributed by atoms with van der Waals surface area (Å²) in [6.45, 7) is 0.919. The molecule has 0 fully saturated rings. The van der Waals surface area contributed by atoms with E-state index in [0.29, 0.717) is 18.9 Å². The van der Waals surface area contributed by atoms with Crippen LogP contribution in [0.2, 0.25) is 0 Å². The summed E-state index contributed by atoms with van der Waals surface area (Å²) in [6.07, 6.45) is 4.75. The van der Waals surface area contributed by atoms with Crippen molar-refractivity contribution in [2.75, 3.05) is 13.2 Å². The zero-order valence-electron chi connectivity index (χ0n) is 15.9. The fraction of sp³-hybridized carbons (Fsp3) is 0.160. The molecule has 144 valence electrons. The number of fused-ring (bicyclic) bond motifs is 3. The van der Waals surface area contributed by atoms with E-state index < -0.39 is 6.09 Å². The topological polar surface area (TPSA) is 47.6 Å². The molecule has 3 aromatic rings. The maximum absolute atomic E-state index is 12.2. The smallest absolute Gasteiger partial charge is 0.407 e. The molecule has 1 amide bonds. The van der Waals surface area contributed by atoms with E-state index in [9.17, 15) is 4.79 Å². The third-order valence-corrected chi connectivity index (χ3v) is 5.03. The van der Waals surface area contributed by atoms with Crippen LogP contribution in [0.4, 0.5) is 4.79 Å². The van der Waals surface area contributed by atoms with Gasteiger partial charge in [0.2, 0.25) is 0 Å². The van der Waals surface area contributed by atoms with Crippen LogP contribution in [0.15, 0.2) is 72.8 Å². The average Bonchev–Trinajstić information content (AvgIpc) is 3.09. The van der Waals surface area contributed by atoms with Crippen LogP contribution >= 0.6 is 0 Å². The van der Waals surface area contributed by atoms with Crippen molar-refractivity contribution in [1.82, 2.24) is 5.32 Å². The number of carbonyl (C=O) groups is 1. The SMILES string of the molecule is C#CCOc1ccc(CNC(=O)OCC2c3ccccc3-c3ccccc32)cc1. The number of amides is 1. The van der Waals surface area contributed by atoms with E-state index in [0.717, 1.165) is 5.56 Å². The summed E-state index contributed by atoms with van der Waals surface area (Å²) >= 11 is 0. The van der Waals surface area contributed by atoms with Crippen molar-refractivity contribution in [2.45, 2.75) is 12.5 Å². The van der Waals surface area contributed by atoms with Crippen LogP contribution in [0, 0.1) is 12.3 Å². The molecule has 0 bridgehead atoms.